The molecule has 0 aromatic heterocycles. The van der Waals surface area contributed by atoms with Crippen LogP contribution in [0.15, 0.2) is 138 Å². The van der Waals surface area contributed by atoms with E-state index in [-0.39, 0.29) is 26.9 Å². The molecule has 9 aromatic rings. The quantitative estimate of drug-likeness (QED) is 0.0668. The van der Waals surface area contributed by atoms with Crippen LogP contribution in [0.1, 0.15) is 152 Å². The Balaban J connectivity index is 1.51. The molecule has 0 bridgehead atoms. The molecule has 0 aliphatic heterocycles. The molecule has 0 saturated carbocycles. The SMILES string of the molecule is CC/C=C(\C=C(Cc1cc(B(c2c(C)cc(C)cc2C)c2c(C)cc(C)cc2C)cc(B(c2c(C)cc(C)cc2C)c2c(C)cc(C)cc2C)c1)B(c1c(C)cc(C)cc1C)c1c(C)cc(C)cc1C)B(c1c(C)cc(C)cc1C)c1c(C)cc(C)cc1C. The lowest BCUT2D eigenvalue weighted by atomic mass is 9.30. The van der Waals surface area contributed by atoms with Crippen LogP contribution in [-0.2, 0) is 6.42 Å². The Morgan fingerprint density at radius 3 is 0.674 bits per heavy atom. The number of benzene rings is 9. The number of aryl methyl sites for hydroxylation is 24. The molecule has 0 N–H and O–H groups in total. The molecule has 0 aliphatic carbocycles. The first-order chi connectivity index (χ1) is 42.0. The van der Waals surface area contributed by atoms with Crippen LogP contribution in [-0.4, -0.2) is 26.9 Å². The summed E-state index contributed by atoms with van der Waals surface area (Å²) in [5.74, 6) is 0. The lowest BCUT2D eigenvalue weighted by Crippen LogP contribution is -2.60. The van der Waals surface area contributed by atoms with Gasteiger partial charge in [0.05, 0.1) is 0 Å². The molecular formula is C85H100B4. The van der Waals surface area contributed by atoms with Gasteiger partial charge < -0.3 is 0 Å². The van der Waals surface area contributed by atoms with Gasteiger partial charge in [0.25, 0.3) is 0 Å². The van der Waals surface area contributed by atoms with Crippen molar-refractivity contribution in [3.63, 3.8) is 0 Å². The lowest BCUT2D eigenvalue weighted by molar-refractivity contribution is 1.20. The first kappa shape index (κ1) is 66.1. The van der Waals surface area contributed by atoms with E-state index < -0.39 is 0 Å². The van der Waals surface area contributed by atoms with Gasteiger partial charge in [-0.1, -0.05) is 333 Å². The van der Waals surface area contributed by atoms with Gasteiger partial charge in [-0.15, -0.1) is 0 Å². The molecule has 89 heavy (non-hydrogen) atoms. The Hall–Kier alpha value is -7.28. The normalized spacial score (nSPS) is 11.9. The first-order valence-corrected chi connectivity index (χ1v) is 33.1. The van der Waals surface area contributed by atoms with Crippen molar-refractivity contribution < 1.29 is 0 Å². The van der Waals surface area contributed by atoms with E-state index in [1.54, 1.807) is 0 Å². The van der Waals surface area contributed by atoms with Crippen LogP contribution in [0.5, 0.6) is 0 Å². The largest absolute Gasteiger partial charge is 0.242 e. The minimum absolute atomic E-state index is 0.0113. The molecular weight excluding hydrogens is 1060 g/mol. The fraction of sp³-hybridized carbons (Fsp3) is 0.318. The van der Waals surface area contributed by atoms with E-state index in [9.17, 15) is 0 Å². The van der Waals surface area contributed by atoms with Crippen molar-refractivity contribution in [1.82, 2.24) is 0 Å². The van der Waals surface area contributed by atoms with Gasteiger partial charge in [0.15, 0.2) is 0 Å². The van der Waals surface area contributed by atoms with Crippen LogP contribution in [0.25, 0.3) is 0 Å². The average Bonchev–Trinajstić information content (AvgIpc) is 0.948. The summed E-state index contributed by atoms with van der Waals surface area (Å²) in [6.45, 7) is 58.2. The Bertz CT molecular complexity index is 3770. The maximum Gasteiger partial charge on any atom is 0.242 e. The molecule has 0 nitrogen and oxygen atoms in total. The van der Waals surface area contributed by atoms with Crippen LogP contribution in [0, 0.1) is 166 Å². The van der Waals surface area contributed by atoms with Gasteiger partial charge >= 0.3 is 0 Å². The summed E-state index contributed by atoms with van der Waals surface area (Å²) in [6.07, 6.45) is 6.97. The minimum Gasteiger partial charge on any atom is -0.0895 e. The summed E-state index contributed by atoms with van der Waals surface area (Å²) in [4.78, 5) is 0. The van der Waals surface area contributed by atoms with E-state index in [1.165, 1.54) is 205 Å². The smallest absolute Gasteiger partial charge is 0.0895 e. The van der Waals surface area contributed by atoms with Gasteiger partial charge in [-0.2, -0.15) is 0 Å². The molecule has 0 heterocycles. The number of allylic oxidation sites excluding steroid dienone is 4. The van der Waals surface area contributed by atoms with E-state index in [2.05, 4.69) is 301 Å². The van der Waals surface area contributed by atoms with Crippen LogP contribution < -0.4 is 54.6 Å². The maximum atomic E-state index is 2.75. The van der Waals surface area contributed by atoms with Gasteiger partial charge in [0.1, 0.15) is 0 Å². The van der Waals surface area contributed by atoms with Crippen molar-refractivity contribution in [3.8, 4) is 0 Å². The molecule has 9 aromatic carbocycles. The van der Waals surface area contributed by atoms with E-state index in [0.29, 0.717) is 0 Å². The van der Waals surface area contributed by atoms with Crippen LogP contribution in [0.4, 0.5) is 0 Å². The third-order valence-corrected chi connectivity index (χ3v) is 19.8. The van der Waals surface area contributed by atoms with Crippen molar-refractivity contribution >= 4 is 81.5 Å². The Kier molecular flexibility index (Phi) is 19.8. The Morgan fingerprint density at radius 2 is 0.461 bits per heavy atom. The highest BCUT2D eigenvalue weighted by atomic mass is 14.2. The van der Waals surface area contributed by atoms with Gasteiger partial charge in [-0.05, 0) is 185 Å². The third kappa shape index (κ3) is 13.6. The topological polar surface area (TPSA) is 0 Å². The number of hydrogen-bond acceptors (Lipinski definition) is 0. The maximum absolute atomic E-state index is 2.75. The predicted octanol–water partition coefficient (Wildman–Crippen LogP) is 14.6. The van der Waals surface area contributed by atoms with Crippen LogP contribution in [0.3, 0.4) is 0 Å². The Labute approximate surface area is 541 Å². The molecule has 452 valence electrons. The lowest BCUT2D eigenvalue weighted by Gasteiger charge is -2.30. The molecule has 0 radical (unpaired) electrons. The van der Waals surface area contributed by atoms with Crippen LogP contribution in [0.2, 0.25) is 0 Å². The molecule has 0 unspecified atom stereocenters. The summed E-state index contributed by atoms with van der Waals surface area (Å²) in [6, 6.07) is 46.9. The van der Waals surface area contributed by atoms with Crippen molar-refractivity contribution in [1.29, 1.82) is 0 Å². The zero-order chi connectivity index (χ0) is 64.9. The highest BCUT2D eigenvalue weighted by molar-refractivity contribution is 6.99. The average molecular weight is 1160 g/mol. The predicted molar refractivity (Wildman–Crippen MR) is 401 cm³/mol. The fourth-order valence-electron chi connectivity index (χ4n) is 17.5. The van der Waals surface area contributed by atoms with Crippen LogP contribution >= 0.6 is 0 Å². The summed E-state index contributed by atoms with van der Waals surface area (Å²) in [5.41, 5.74) is 49.9. The van der Waals surface area contributed by atoms with Crippen molar-refractivity contribution in [2.75, 3.05) is 0 Å². The van der Waals surface area contributed by atoms with E-state index in [4.69, 9.17) is 0 Å². The number of rotatable bonds is 16. The first-order valence-electron chi connectivity index (χ1n) is 33.1. The highest BCUT2D eigenvalue weighted by Gasteiger charge is 2.37. The minimum atomic E-state index is -0.0671. The molecule has 4 heteroatoms. The second-order valence-corrected chi connectivity index (χ2v) is 28.2. The monoisotopic (exact) mass is 1160 g/mol. The van der Waals surface area contributed by atoms with E-state index in [1.807, 2.05) is 0 Å². The summed E-state index contributed by atoms with van der Waals surface area (Å²) in [7, 11) is 0. The molecule has 0 aliphatic rings. The van der Waals surface area contributed by atoms with Crippen molar-refractivity contribution in [2.45, 2.75) is 186 Å². The second-order valence-electron chi connectivity index (χ2n) is 28.2. The third-order valence-electron chi connectivity index (χ3n) is 19.8. The summed E-state index contributed by atoms with van der Waals surface area (Å²) in [5, 5.41) is 0. The van der Waals surface area contributed by atoms with Gasteiger partial charge in [-0.25, -0.2) is 0 Å². The van der Waals surface area contributed by atoms with Gasteiger partial charge in [-0.3, -0.25) is 0 Å². The Morgan fingerprint density at radius 1 is 0.258 bits per heavy atom. The second kappa shape index (κ2) is 26.7. The summed E-state index contributed by atoms with van der Waals surface area (Å²) < 4.78 is 0. The molecule has 0 saturated heterocycles. The van der Waals surface area contributed by atoms with Gasteiger partial charge in [0.2, 0.25) is 26.9 Å². The standard InChI is InChI=1S/C85H100B4/c1-26-27-74(86(78-57(10)28-49(2)29-58(78)11)79-59(12)30-50(3)31-60(79)13)47-75(87(80-61(14)32-51(4)33-62(80)15)81-63(16)34-52(5)35-64(81)17)44-73-45-76(88(82-65(18)36-53(6)37-66(82)19)83-67(20)38-54(7)39-68(83)21)48-77(46-73)89(84-69(22)40-55(8)41-70(84)23)85-71(24)42-56(9)43-72(85)25/h27-43,45-48H,26,44H2,1-25H3/b74-27+,75-47?. The van der Waals surface area contributed by atoms with E-state index >= 15 is 0 Å². The molecule has 0 atom stereocenters. The summed E-state index contributed by atoms with van der Waals surface area (Å²) >= 11 is 0. The molecule has 9 rings (SSSR count). The van der Waals surface area contributed by atoms with Crippen molar-refractivity contribution in [3.05, 3.63) is 277 Å². The fourth-order valence-corrected chi connectivity index (χ4v) is 17.5. The molecule has 0 fully saturated rings. The molecule has 0 spiro atoms. The zero-order valence-corrected chi connectivity index (χ0v) is 59.3. The van der Waals surface area contributed by atoms with E-state index in [0.717, 1.165) is 12.8 Å². The van der Waals surface area contributed by atoms with Gasteiger partial charge in [0, 0.05) is 0 Å². The van der Waals surface area contributed by atoms with Crippen molar-refractivity contribution in [2.24, 2.45) is 0 Å². The highest BCUT2D eigenvalue weighted by Crippen LogP contribution is 2.26. The molecule has 0 amide bonds. The number of hydrogen-bond donors (Lipinski definition) is 0. The zero-order valence-electron chi connectivity index (χ0n) is 59.3.